The van der Waals surface area contributed by atoms with Crippen LogP contribution in [0.4, 0.5) is 10.1 Å². The summed E-state index contributed by atoms with van der Waals surface area (Å²) < 4.78 is 14.0. The topological polar surface area (TPSA) is 55.1 Å². The Kier molecular flexibility index (Phi) is 5.32. The molecule has 0 bridgehead atoms. The summed E-state index contributed by atoms with van der Waals surface area (Å²) in [6.07, 6.45) is 5.33. The Morgan fingerprint density at radius 1 is 1.29 bits per heavy atom. The van der Waals surface area contributed by atoms with Crippen molar-refractivity contribution in [1.29, 1.82) is 0 Å². The van der Waals surface area contributed by atoms with Crippen LogP contribution in [0.25, 0.3) is 0 Å². The Morgan fingerprint density at radius 3 is 2.48 bits per heavy atom. The zero-order chi connectivity index (χ0) is 15.5. The molecule has 21 heavy (non-hydrogen) atoms. The van der Waals surface area contributed by atoms with E-state index in [0.717, 1.165) is 25.7 Å². The van der Waals surface area contributed by atoms with E-state index >= 15 is 0 Å². The van der Waals surface area contributed by atoms with Gasteiger partial charge in [0.05, 0.1) is 16.1 Å². The lowest BCUT2D eigenvalue weighted by atomic mass is 9.79. The van der Waals surface area contributed by atoms with Crippen molar-refractivity contribution in [3.05, 3.63) is 28.5 Å². The Labute approximate surface area is 137 Å². The molecule has 1 fully saturated rings. The van der Waals surface area contributed by atoms with Crippen molar-refractivity contribution < 1.29 is 9.18 Å². The largest absolute Gasteiger partial charge is 0.392 e. The Hall–Kier alpha value is -1.01. The second-order valence-corrected chi connectivity index (χ2v) is 6.73. The Balaban J connectivity index is 2.26. The van der Waals surface area contributed by atoms with Crippen LogP contribution in [-0.2, 0) is 4.79 Å². The van der Waals surface area contributed by atoms with Gasteiger partial charge in [0.1, 0.15) is 5.82 Å². The minimum absolute atomic E-state index is 0.231. The number of hydrogen-bond acceptors (Lipinski definition) is 2. The number of thiocarbonyl (C=S) groups is 1. The monoisotopic (exact) mass is 372 g/mol. The van der Waals surface area contributed by atoms with E-state index in [0.29, 0.717) is 23.0 Å². The maximum Gasteiger partial charge on any atom is 0.237 e. The van der Waals surface area contributed by atoms with Gasteiger partial charge in [0.2, 0.25) is 5.91 Å². The zero-order valence-corrected chi connectivity index (χ0v) is 14.0. The van der Waals surface area contributed by atoms with Gasteiger partial charge in [-0.2, -0.15) is 0 Å². The molecule has 0 atom stereocenters. The van der Waals surface area contributed by atoms with E-state index in [1.807, 2.05) is 0 Å². The number of nitrogens with two attached hydrogens (primary N) is 1. The van der Waals surface area contributed by atoms with Gasteiger partial charge < -0.3 is 11.1 Å². The summed E-state index contributed by atoms with van der Waals surface area (Å²) in [5.74, 6) is -0.637. The third-order valence-corrected chi connectivity index (χ3v) is 5.12. The zero-order valence-electron chi connectivity index (χ0n) is 11.6. The highest BCUT2D eigenvalue weighted by Gasteiger charge is 2.41. The number of anilines is 1. The van der Waals surface area contributed by atoms with E-state index in [-0.39, 0.29) is 10.9 Å². The fraction of sp³-hybridized carbons (Fsp3) is 0.467. The highest BCUT2D eigenvalue weighted by Crippen LogP contribution is 2.37. The number of hydrogen-bond donors (Lipinski definition) is 2. The summed E-state index contributed by atoms with van der Waals surface area (Å²) >= 11 is 8.48. The summed E-state index contributed by atoms with van der Waals surface area (Å²) in [4.78, 5) is 13.0. The molecular weight excluding hydrogens is 355 g/mol. The molecule has 6 heteroatoms. The smallest absolute Gasteiger partial charge is 0.237 e. The van der Waals surface area contributed by atoms with Gasteiger partial charge in [-0.15, -0.1) is 0 Å². The van der Waals surface area contributed by atoms with Crippen LogP contribution in [0, 0.1) is 11.2 Å². The Morgan fingerprint density at radius 2 is 1.90 bits per heavy atom. The summed E-state index contributed by atoms with van der Waals surface area (Å²) in [5.41, 5.74) is 5.46. The normalized spacial score (nSPS) is 17.8. The lowest BCUT2D eigenvalue weighted by molar-refractivity contribution is -0.122. The van der Waals surface area contributed by atoms with Crippen molar-refractivity contribution in [1.82, 2.24) is 0 Å². The van der Waals surface area contributed by atoms with Gasteiger partial charge in [-0.25, -0.2) is 4.39 Å². The van der Waals surface area contributed by atoms with Crippen LogP contribution in [0.3, 0.4) is 0 Å². The maximum atomic E-state index is 13.3. The average molecular weight is 373 g/mol. The SMILES string of the molecule is NC(=S)C1(C(=O)Nc2cc(F)ccc2Br)CCCCCC1. The van der Waals surface area contributed by atoms with E-state index in [4.69, 9.17) is 18.0 Å². The molecule has 0 saturated heterocycles. The van der Waals surface area contributed by atoms with Crippen molar-refractivity contribution in [3.8, 4) is 0 Å². The number of amides is 1. The van der Waals surface area contributed by atoms with Gasteiger partial charge in [0, 0.05) is 4.47 Å². The second-order valence-electron chi connectivity index (χ2n) is 5.44. The fourth-order valence-corrected chi connectivity index (χ4v) is 3.40. The van der Waals surface area contributed by atoms with Crippen LogP contribution in [0.15, 0.2) is 22.7 Å². The quantitative estimate of drug-likeness (QED) is 0.618. The summed E-state index contributed by atoms with van der Waals surface area (Å²) in [6.45, 7) is 0. The number of benzene rings is 1. The van der Waals surface area contributed by atoms with E-state index in [9.17, 15) is 9.18 Å². The number of carbonyl (C=O) groups excluding carboxylic acids is 1. The molecule has 1 aliphatic carbocycles. The molecule has 1 saturated carbocycles. The molecule has 1 aromatic rings. The van der Waals surface area contributed by atoms with Gasteiger partial charge in [-0.1, -0.05) is 37.9 Å². The van der Waals surface area contributed by atoms with Crippen LogP contribution < -0.4 is 11.1 Å². The van der Waals surface area contributed by atoms with Gasteiger partial charge in [0.25, 0.3) is 0 Å². The molecule has 0 unspecified atom stereocenters. The maximum absolute atomic E-state index is 13.3. The lowest BCUT2D eigenvalue weighted by Crippen LogP contribution is -2.45. The van der Waals surface area contributed by atoms with Crippen LogP contribution in [0.1, 0.15) is 38.5 Å². The highest BCUT2D eigenvalue weighted by atomic mass is 79.9. The van der Waals surface area contributed by atoms with Crippen molar-refractivity contribution in [3.63, 3.8) is 0 Å². The standard InChI is InChI=1S/C15H18BrFN2OS/c16-11-6-5-10(17)9-12(11)19-14(20)15(13(18)21)7-3-1-2-4-8-15/h5-6,9H,1-4,7-8H2,(H2,18,21)(H,19,20). The molecular formula is C15H18BrFN2OS. The molecule has 0 radical (unpaired) electrons. The van der Waals surface area contributed by atoms with Gasteiger partial charge >= 0.3 is 0 Å². The molecule has 114 valence electrons. The first-order valence-corrected chi connectivity index (χ1v) is 8.22. The summed E-state index contributed by atoms with van der Waals surface area (Å²) in [7, 11) is 0. The number of nitrogens with one attached hydrogen (secondary N) is 1. The molecule has 1 aliphatic rings. The third kappa shape index (κ3) is 3.61. The fourth-order valence-electron chi connectivity index (χ4n) is 2.75. The number of carbonyl (C=O) groups is 1. The first kappa shape index (κ1) is 16.4. The number of rotatable bonds is 3. The van der Waals surface area contributed by atoms with E-state index < -0.39 is 11.2 Å². The molecule has 2 rings (SSSR count). The predicted octanol–water partition coefficient (Wildman–Crippen LogP) is 4.15. The summed E-state index contributed by atoms with van der Waals surface area (Å²) in [5, 5.41) is 2.78. The van der Waals surface area contributed by atoms with Crippen LogP contribution in [0.5, 0.6) is 0 Å². The van der Waals surface area contributed by atoms with Crippen molar-refractivity contribution >= 4 is 44.7 Å². The lowest BCUT2D eigenvalue weighted by Gasteiger charge is -2.30. The van der Waals surface area contributed by atoms with Crippen LogP contribution in [0.2, 0.25) is 0 Å². The molecule has 0 aromatic heterocycles. The molecule has 0 spiro atoms. The van der Waals surface area contributed by atoms with Crippen molar-refractivity contribution in [2.45, 2.75) is 38.5 Å². The van der Waals surface area contributed by atoms with Crippen LogP contribution >= 0.6 is 28.1 Å². The molecule has 1 amide bonds. The second kappa shape index (κ2) is 6.83. The third-order valence-electron chi connectivity index (χ3n) is 4.04. The van der Waals surface area contributed by atoms with Crippen molar-refractivity contribution in [2.24, 2.45) is 11.1 Å². The van der Waals surface area contributed by atoms with Gasteiger partial charge in [0.15, 0.2) is 0 Å². The van der Waals surface area contributed by atoms with Crippen molar-refractivity contribution in [2.75, 3.05) is 5.32 Å². The molecule has 3 nitrogen and oxygen atoms in total. The van der Waals surface area contributed by atoms with Gasteiger partial charge in [-0.05, 0) is 47.0 Å². The van der Waals surface area contributed by atoms with E-state index in [2.05, 4.69) is 21.2 Å². The predicted molar refractivity (Wildman–Crippen MR) is 89.7 cm³/mol. The van der Waals surface area contributed by atoms with Gasteiger partial charge in [-0.3, -0.25) is 4.79 Å². The average Bonchev–Trinajstić information content (AvgIpc) is 2.69. The molecule has 3 N–H and O–H groups in total. The first-order chi connectivity index (χ1) is 9.95. The summed E-state index contributed by atoms with van der Waals surface area (Å²) in [6, 6.07) is 4.17. The molecule has 0 aliphatic heterocycles. The Bertz CT molecular complexity index is 557. The minimum Gasteiger partial charge on any atom is -0.392 e. The number of halogens is 2. The highest BCUT2D eigenvalue weighted by molar-refractivity contribution is 9.10. The van der Waals surface area contributed by atoms with E-state index in [1.165, 1.54) is 12.1 Å². The molecule has 1 aromatic carbocycles. The first-order valence-electron chi connectivity index (χ1n) is 7.02. The van der Waals surface area contributed by atoms with E-state index in [1.54, 1.807) is 6.07 Å². The molecule has 0 heterocycles. The van der Waals surface area contributed by atoms with Crippen LogP contribution in [-0.4, -0.2) is 10.9 Å². The minimum atomic E-state index is -0.822.